The van der Waals surface area contributed by atoms with Crippen molar-refractivity contribution in [3.63, 3.8) is 0 Å². The first-order valence-electron chi connectivity index (χ1n) is 14.1. The zero-order chi connectivity index (χ0) is 29.5. The SMILES string of the molecule is C=C/C(=C\C=C/C)COc1ccc(-c2cnc3c(C(=O)NS(=O)(=O)c4ccccc4)cnn3c2C2CCCCC2)cc1. The van der Waals surface area contributed by atoms with Crippen molar-refractivity contribution in [1.29, 1.82) is 0 Å². The van der Waals surface area contributed by atoms with Gasteiger partial charge in [-0.1, -0.05) is 80.5 Å². The summed E-state index contributed by atoms with van der Waals surface area (Å²) in [7, 11) is -4.05. The number of nitrogens with zero attached hydrogens (tertiary/aromatic N) is 3. The van der Waals surface area contributed by atoms with Crippen LogP contribution in [-0.2, 0) is 10.0 Å². The topological polar surface area (TPSA) is 103 Å². The highest BCUT2D eigenvalue weighted by atomic mass is 32.2. The van der Waals surface area contributed by atoms with E-state index in [9.17, 15) is 13.2 Å². The maximum atomic E-state index is 13.2. The predicted octanol–water partition coefficient (Wildman–Crippen LogP) is 6.63. The van der Waals surface area contributed by atoms with Crippen LogP contribution < -0.4 is 9.46 Å². The molecule has 0 radical (unpaired) electrons. The number of benzene rings is 2. The Bertz CT molecular complexity index is 1730. The molecule has 1 aliphatic carbocycles. The number of hydrogen-bond donors (Lipinski definition) is 1. The average Bonchev–Trinajstić information content (AvgIpc) is 3.46. The molecular formula is C33H34N4O4S. The van der Waals surface area contributed by atoms with Gasteiger partial charge >= 0.3 is 0 Å². The lowest BCUT2D eigenvalue weighted by molar-refractivity contribution is 0.0982. The Morgan fingerprint density at radius 2 is 1.81 bits per heavy atom. The minimum Gasteiger partial charge on any atom is -0.489 e. The fraction of sp³-hybridized carbons (Fsp3) is 0.242. The lowest BCUT2D eigenvalue weighted by Crippen LogP contribution is -2.30. The minimum absolute atomic E-state index is 0.00919. The summed E-state index contributed by atoms with van der Waals surface area (Å²) in [5, 5.41) is 4.56. The number of carbonyl (C=O) groups is 1. The van der Waals surface area contributed by atoms with Gasteiger partial charge in [0.2, 0.25) is 0 Å². The van der Waals surface area contributed by atoms with Crippen molar-refractivity contribution in [2.24, 2.45) is 0 Å². The molecule has 2 aromatic carbocycles. The molecule has 1 aliphatic rings. The number of sulfonamides is 1. The molecule has 2 aromatic heterocycles. The van der Waals surface area contributed by atoms with Crippen LogP contribution in [0, 0.1) is 0 Å². The van der Waals surface area contributed by atoms with Crippen LogP contribution in [0.4, 0.5) is 0 Å². The van der Waals surface area contributed by atoms with Crippen LogP contribution in [0.3, 0.4) is 0 Å². The lowest BCUT2D eigenvalue weighted by atomic mass is 9.84. The number of hydrogen-bond acceptors (Lipinski definition) is 6. The second-order valence-electron chi connectivity index (χ2n) is 10.2. The molecule has 4 aromatic rings. The van der Waals surface area contributed by atoms with E-state index in [1.54, 1.807) is 35.0 Å². The summed E-state index contributed by atoms with van der Waals surface area (Å²) in [6.07, 6.45) is 16.2. The minimum atomic E-state index is -4.05. The standard InChI is InChI=1S/C33H34N4O4S/c1-3-5-12-24(4-2)23-41-27-19-17-25(18-20-27)29-21-34-32-30(22-35-37(32)31(29)26-13-8-6-9-14-26)33(38)36-42(39,40)28-15-10-7-11-16-28/h3-5,7,10-12,15-22,26H,2,6,8-9,13-14,23H2,1H3,(H,36,38)/b5-3-,24-12+. The molecule has 0 unspecified atom stereocenters. The second kappa shape index (κ2) is 13.0. The van der Waals surface area contributed by atoms with Crippen LogP contribution in [0.5, 0.6) is 5.75 Å². The fourth-order valence-corrected chi connectivity index (χ4v) is 6.22. The van der Waals surface area contributed by atoms with Crippen molar-refractivity contribution in [2.75, 3.05) is 6.61 Å². The number of nitrogens with one attached hydrogen (secondary N) is 1. The Hall–Kier alpha value is -4.50. The number of rotatable bonds is 10. The van der Waals surface area contributed by atoms with E-state index in [0.717, 1.165) is 53.8 Å². The van der Waals surface area contributed by atoms with Crippen molar-refractivity contribution < 1.29 is 17.9 Å². The van der Waals surface area contributed by atoms with Gasteiger partial charge in [0.15, 0.2) is 5.65 Å². The van der Waals surface area contributed by atoms with Crippen LogP contribution in [0.2, 0.25) is 0 Å². The summed E-state index contributed by atoms with van der Waals surface area (Å²) in [4.78, 5) is 17.8. The first-order chi connectivity index (χ1) is 20.4. The van der Waals surface area contributed by atoms with Crippen molar-refractivity contribution in [2.45, 2.75) is 49.8 Å². The third kappa shape index (κ3) is 6.36. The highest BCUT2D eigenvalue weighted by Gasteiger charge is 2.27. The molecule has 2 heterocycles. The Balaban J connectivity index is 1.47. The van der Waals surface area contributed by atoms with E-state index >= 15 is 0 Å². The number of fused-ring (bicyclic) bond motifs is 1. The quantitative estimate of drug-likeness (QED) is 0.211. The van der Waals surface area contributed by atoms with E-state index in [-0.39, 0.29) is 16.4 Å². The normalized spacial score (nSPS) is 14.7. The Morgan fingerprint density at radius 1 is 1.07 bits per heavy atom. The van der Waals surface area contributed by atoms with E-state index in [2.05, 4.69) is 21.4 Å². The van der Waals surface area contributed by atoms with Gasteiger partial charge in [-0.3, -0.25) is 4.79 Å². The van der Waals surface area contributed by atoms with Crippen molar-refractivity contribution in [3.8, 4) is 16.9 Å². The van der Waals surface area contributed by atoms with E-state index in [1.807, 2.05) is 49.4 Å². The molecule has 0 bridgehead atoms. The largest absolute Gasteiger partial charge is 0.489 e. The number of carbonyl (C=O) groups excluding carboxylic acids is 1. The summed E-state index contributed by atoms with van der Waals surface area (Å²) in [5.41, 5.74) is 4.25. The molecule has 9 heteroatoms. The van der Waals surface area contributed by atoms with Gasteiger partial charge in [-0.2, -0.15) is 5.10 Å². The number of ether oxygens (including phenoxy) is 1. The predicted molar refractivity (Wildman–Crippen MR) is 164 cm³/mol. The van der Waals surface area contributed by atoms with Gasteiger partial charge in [-0.25, -0.2) is 22.6 Å². The maximum Gasteiger partial charge on any atom is 0.270 e. The molecule has 5 rings (SSSR count). The molecule has 0 aliphatic heterocycles. The van der Waals surface area contributed by atoms with Gasteiger partial charge in [-0.05, 0) is 55.2 Å². The average molecular weight is 583 g/mol. The monoisotopic (exact) mass is 582 g/mol. The molecule has 1 saturated carbocycles. The Morgan fingerprint density at radius 3 is 2.50 bits per heavy atom. The van der Waals surface area contributed by atoms with Gasteiger partial charge in [0, 0.05) is 17.7 Å². The number of aromatic nitrogens is 3. The van der Waals surface area contributed by atoms with Crippen LogP contribution in [0.25, 0.3) is 16.8 Å². The molecule has 1 amide bonds. The van der Waals surface area contributed by atoms with E-state index in [0.29, 0.717) is 12.3 Å². The zero-order valence-corrected chi connectivity index (χ0v) is 24.4. The van der Waals surface area contributed by atoms with E-state index in [1.165, 1.54) is 24.8 Å². The van der Waals surface area contributed by atoms with Gasteiger partial charge in [0.1, 0.15) is 17.9 Å². The van der Waals surface area contributed by atoms with Crippen molar-refractivity contribution in [3.05, 3.63) is 115 Å². The molecular weight excluding hydrogens is 548 g/mol. The highest BCUT2D eigenvalue weighted by molar-refractivity contribution is 7.90. The van der Waals surface area contributed by atoms with E-state index < -0.39 is 15.9 Å². The molecule has 0 spiro atoms. The lowest BCUT2D eigenvalue weighted by Gasteiger charge is -2.25. The maximum absolute atomic E-state index is 13.2. The third-order valence-electron chi connectivity index (χ3n) is 7.42. The fourth-order valence-electron chi connectivity index (χ4n) is 5.23. The van der Waals surface area contributed by atoms with Crippen molar-refractivity contribution >= 4 is 21.6 Å². The number of allylic oxidation sites excluding steroid dienone is 3. The summed E-state index contributed by atoms with van der Waals surface area (Å²) in [6.45, 7) is 6.22. The summed E-state index contributed by atoms with van der Waals surface area (Å²) in [6, 6.07) is 15.6. The van der Waals surface area contributed by atoms with Crippen LogP contribution in [0.15, 0.2) is 108 Å². The molecule has 42 heavy (non-hydrogen) atoms. The van der Waals surface area contributed by atoms with Gasteiger partial charge in [0.05, 0.1) is 16.8 Å². The summed E-state index contributed by atoms with van der Waals surface area (Å²) < 4.78 is 35.4. The first-order valence-corrected chi connectivity index (χ1v) is 15.6. The zero-order valence-electron chi connectivity index (χ0n) is 23.6. The van der Waals surface area contributed by atoms with Gasteiger partial charge < -0.3 is 4.74 Å². The number of amides is 1. The molecule has 8 nitrogen and oxygen atoms in total. The summed E-state index contributed by atoms with van der Waals surface area (Å²) >= 11 is 0. The van der Waals surface area contributed by atoms with Crippen molar-refractivity contribution in [1.82, 2.24) is 19.3 Å². The molecule has 1 N–H and O–H groups in total. The summed E-state index contributed by atoms with van der Waals surface area (Å²) in [5.74, 6) is 0.191. The highest BCUT2D eigenvalue weighted by Crippen LogP contribution is 2.38. The molecule has 0 atom stereocenters. The van der Waals surface area contributed by atoms with Crippen LogP contribution in [0.1, 0.15) is 61.0 Å². The van der Waals surface area contributed by atoms with Gasteiger partial charge in [0.25, 0.3) is 15.9 Å². The molecule has 1 fully saturated rings. The van der Waals surface area contributed by atoms with Gasteiger partial charge in [-0.15, -0.1) is 0 Å². The van der Waals surface area contributed by atoms with Crippen LogP contribution in [-0.4, -0.2) is 35.5 Å². The molecule has 216 valence electrons. The third-order valence-corrected chi connectivity index (χ3v) is 8.76. The first kappa shape index (κ1) is 29.0. The Labute approximate surface area is 246 Å². The second-order valence-corrected chi connectivity index (χ2v) is 11.9. The smallest absolute Gasteiger partial charge is 0.270 e. The Kier molecular flexibility index (Phi) is 8.97. The van der Waals surface area contributed by atoms with Crippen LogP contribution >= 0.6 is 0 Å². The van der Waals surface area contributed by atoms with E-state index in [4.69, 9.17) is 4.74 Å². The molecule has 0 saturated heterocycles.